The number of rotatable bonds is 5. The van der Waals surface area contributed by atoms with E-state index in [-0.39, 0.29) is 11.9 Å². The molecule has 1 aromatic carbocycles. The molecule has 1 unspecified atom stereocenters. The Hall–Kier alpha value is -1.28. The summed E-state index contributed by atoms with van der Waals surface area (Å²) in [6.45, 7) is 5.34. The Kier molecular flexibility index (Phi) is 5.06. The highest BCUT2D eigenvalue weighted by Gasteiger charge is 2.17. The summed E-state index contributed by atoms with van der Waals surface area (Å²) in [5.74, 6) is -0.355. The van der Waals surface area contributed by atoms with Crippen molar-refractivity contribution in [2.45, 2.75) is 19.8 Å². The van der Waals surface area contributed by atoms with Gasteiger partial charge in [-0.3, -0.25) is 4.79 Å². The summed E-state index contributed by atoms with van der Waals surface area (Å²) in [5, 5.41) is 0.700. The predicted molar refractivity (Wildman–Crippen MR) is 65.2 cm³/mol. The Bertz CT molecular complexity index is 357. The Morgan fingerprint density at radius 1 is 1.50 bits per heavy atom. The zero-order valence-corrected chi connectivity index (χ0v) is 10.0. The third-order valence-electron chi connectivity index (χ3n) is 2.42. The molecule has 86 valence electrons. The molecule has 16 heavy (non-hydrogen) atoms. The molecule has 1 aromatic rings. The number of esters is 1. The molecule has 0 N–H and O–H groups in total. The first-order valence-electron chi connectivity index (χ1n) is 5.23. The number of ether oxygens (including phenoxy) is 1. The van der Waals surface area contributed by atoms with Crippen molar-refractivity contribution in [1.82, 2.24) is 0 Å². The van der Waals surface area contributed by atoms with Crippen LogP contribution in [0.1, 0.15) is 18.9 Å². The van der Waals surface area contributed by atoms with Crippen molar-refractivity contribution in [3.63, 3.8) is 0 Å². The van der Waals surface area contributed by atoms with Crippen LogP contribution < -0.4 is 0 Å². The van der Waals surface area contributed by atoms with Crippen LogP contribution in [0.25, 0.3) is 0 Å². The van der Waals surface area contributed by atoms with Crippen molar-refractivity contribution in [1.29, 1.82) is 0 Å². The van der Waals surface area contributed by atoms with E-state index in [2.05, 4.69) is 6.58 Å². The predicted octanol–water partition coefficient (Wildman–Crippen LogP) is 3.60. The molecule has 1 atom stereocenters. The van der Waals surface area contributed by atoms with Gasteiger partial charge in [0.1, 0.15) is 0 Å². The summed E-state index contributed by atoms with van der Waals surface area (Å²) in [6.07, 6.45) is 2.59. The van der Waals surface area contributed by atoms with Crippen molar-refractivity contribution in [3.05, 3.63) is 47.7 Å². The standard InChI is InChI=1S/C13H15ClO2/c1-3-11(13(15)16-4-2)9-10-5-7-12(14)8-6-10/h4-8,11H,2-3,9H2,1H3. The van der Waals surface area contributed by atoms with E-state index >= 15 is 0 Å². The average Bonchev–Trinajstić information content (AvgIpc) is 2.28. The summed E-state index contributed by atoms with van der Waals surface area (Å²) in [7, 11) is 0. The van der Waals surface area contributed by atoms with Gasteiger partial charge in [-0.05, 0) is 30.5 Å². The van der Waals surface area contributed by atoms with E-state index in [0.29, 0.717) is 11.4 Å². The first-order valence-corrected chi connectivity index (χ1v) is 5.61. The maximum absolute atomic E-state index is 11.5. The van der Waals surface area contributed by atoms with Crippen LogP contribution in [-0.2, 0) is 16.0 Å². The van der Waals surface area contributed by atoms with E-state index in [0.717, 1.165) is 12.0 Å². The summed E-state index contributed by atoms with van der Waals surface area (Å²) in [5.41, 5.74) is 1.08. The minimum absolute atomic E-state index is 0.126. The third kappa shape index (κ3) is 3.70. The maximum atomic E-state index is 11.5. The van der Waals surface area contributed by atoms with E-state index in [1.807, 2.05) is 31.2 Å². The number of hydrogen-bond acceptors (Lipinski definition) is 2. The van der Waals surface area contributed by atoms with Crippen molar-refractivity contribution < 1.29 is 9.53 Å². The normalized spacial score (nSPS) is 11.9. The summed E-state index contributed by atoms with van der Waals surface area (Å²) < 4.78 is 4.79. The highest BCUT2D eigenvalue weighted by atomic mass is 35.5. The van der Waals surface area contributed by atoms with Gasteiger partial charge in [0, 0.05) is 5.02 Å². The fraction of sp³-hybridized carbons (Fsp3) is 0.308. The van der Waals surface area contributed by atoms with Crippen molar-refractivity contribution in [2.75, 3.05) is 0 Å². The second-order valence-electron chi connectivity index (χ2n) is 3.54. The molecular weight excluding hydrogens is 224 g/mol. The zero-order valence-electron chi connectivity index (χ0n) is 9.28. The van der Waals surface area contributed by atoms with Gasteiger partial charge in [0.25, 0.3) is 0 Å². The molecule has 0 saturated heterocycles. The van der Waals surface area contributed by atoms with E-state index in [1.165, 1.54) is 6.26 Å². The molecule has 0 spiro atoms. The maximum Gasteiger partial charge on any atom is 0.314 e. The summed E-state index contributed by atoms with van der Waals surface area (Å²) in [6, 6.07) is 7.49. The van der Waals surface area contributed by atoms with E-state index in [9.17, 15) is 4.79 Å². The lowest BCUT2D eigenvalue weighted by atomic mass is 9.97. The van der Waals surface area contributed by atoms with Gasteiger partial charge in [-0.1, -0.05) is 37.2 Å². The van der Waals surface area contributed by atoms with Crippen molar-refractivity contribution in [2.24, 2.45) is 5.92 Å². The second-order valence-corrected chi connectivity index (χ2v) is 3.98. The van der Waals surface area contributed by atoms with Crippen LogP contribution in [0, 0.1) is 5.92 Å². The lowest BCUT2D eigenvalue weighted by molar-refractivity contribution is -0.142. The average molecular weight is 239 g/mol. The second kappa shape index (κ2) is 6.33. The lowest BCUT2D eigenvalue weighted by Crippen LogP contribution is -2.17. The van der Waals surface area contributed by atoms with Gasteiger partial charge in [-0.25, -0.2) is 0 Å². The van der Waals surface area contributed by atoms with Crippen LogP contribution in [0.5, 0.6) is 0 Å². The molecule has 0 amide bonds. The molecule has 0 heterocycles. The van der Waals surface area contributed by atoms with Gasteiger partial charge < -0.3 is 4.74 Å². The Morgan fingerprint density at radius 2 is 2.12 bits per heavy atom. The van der Waals surface area contributed by atoms with Crippen molar-refractivity contribution in [3.8, 4) is 0 Å². The zero-order chi connectivity index (χ0) is 12.0. The molecule has 1 rings (SSSR count). The minimum atomic E-state index is -0.229. The van der Waals surface area contributed by atoms with Gasteiger partial charge in [0.15, 0.2) is 0 Å². The Balaban J connectivity index is 2.66. The molecule has 0 saturated carbocycles. The Morgan fingerprint density at radius 3 is 2.62 bits per heavy atom. The van der Waals surface area contributed by atoms with Crippen LogP contribution in [0.2, 0.25) is 5.02 Å². The fourth-order valence-electron chi connectivity index (χ4n) is 1.48. The molecule has 0 aliphatic heterocycles. The molecule has 3 heteroatoms. The SMILES string of the molecule is C=COC(=O)C(CC)Cc1ccc(Cl)cc1. The third-order valence-corrected chi connectivity index (χ3v) is 2.67. The van der Waals surface area contributed by atoms with Gasteiger partial charge in [-0.2, -0.15) is 0 Å². The molecule has 0 aliphatic rings. The van der Waals surface area contributed by atoms with Gasteiger partial charge in [0.2, 0.25) is 0 Å². The molecule has 0 fully saturated rings. The molecular formula is C13H15ClO2. The molecule has 0 bridgehead atoms. The molecule has 0 aliphatic carbocycles. The number of halogens is 1. The first-order chi connectivity index (χ1) is 7.67. The van der Waals surface area contributed by atoms with Gasteiger partial charge in [-0.15, -0.1) is 0 Å². The highest BCUT2D eigenvalue weighted by molar-refractivity contribution is 6.30. The van der Waals surface area contributed by atoms with Gasteiger partial charge >= 0.3 is 5.97 Å². The van der Waals surface area contributed by atoms with Crippen LogP contribution >= 0.6 is 11.6 Å². The quantitative estimate of drug-likeness (QED) is 0.579. The van der Waals surface area contributed by atoms with Crippen molar-refractivity contribution >= 4 is 17.6 Å². The van der Waals surface area contributed by atoms with Crippen LogP contribution in [0.15, 0.2) is 37.1 Å². The molecule has 0 aromatic heterocycles. The Labute approximate surface area is 101 Å². The van der Waals surface area contributed by atoms with E-state index < -0.39 is 0 Å². The smallest absolute Gasteiger partial charge is 0.314 e. The number of hydrogen-bond donors (Lipinski definition) is 0. The number of carbonyl (C=O) groups excluding carboxylic acids is 1. The topological polar surface area (TPSA) is 26.3 Å². The van der Waals surface area contributed by atoms with E-state index in [1.54, 1.807) is 0 Å². The summed E-state index contributed by atoms with van der Waals surface area (Å²) >= 11 is 5.79. The van der Waals surface area contributed by atoms with Crippen LogP contribution in [0.3, 0.4) is 0 Å². The molecule has 0 radical (unpaired) electrons. The van der Waals surface area contributed by atoms with Crippen LogP contribution in [-0.4, -0.2) is 5.97 Å². The summed E-state index contributed by atoms with van der Waals surface area (Å²) in [4.78, 5) is 11.5. The first kappa shape index (κ1) is 12.8. The monoisotopic (exact) mass is 238 g/mol. The number of carbonyl (C=O) groups is 1. The largest absolute Gasteiger partial charge is 0.435 e. The highest BCUT2D eigenvalue weighted by Crippen LogP contribution is 2.16. The van der Waals surface area contributed by atoms with Gasteiger partial charge in [0.05, 0.1) is 12.2 Å². The number of benzene rings is 1. The minimum Gasteiger partial charge on any atom is -0.435 e. The lowest BCUT2D eigenvalue weighted by Gasteiger charge is -2.12. The molecule has 2 nitrogen and oxygen atoms in total. The van der Waals surface area contributed by atoms with E-state index in [4.69, 9.17) is 16.3 Å². The van der Waals surface area contributed by atoms with Crippen LogP contribution in [0.4, 0.5) is 0 Å². The fourth-order valence-corrected chi connectivity index (χ4v) is 1.60.